The van der Waals surface area contributed by atoms with Gasteiger partial charge in [0, 0.05) is 59.1 Å². The molecule has 2 fully saturated rings. The summed E-state index contributed by atoms with van der Waals surface area (Å²) >= 11 is 6.66. The van der Waals surface area contributed by atoms with Gasteiger partial charge in [-0.15, -0.1) is 0 Å². The van der Waals surface area contributed by atoms with Crippen LogP contribution in [0.4, 0.5) is 15.9 Å². The number of methoxy groups -OCH3 is 1. The molecule has 0 spiro atoms. The molecule has 2 saturated heterocycles. The summed E-state index contributed by atoms with van der Waals surface area (Å²) in [6.45, 7) is 4.87. The van der Waals surface area contributed by atoms with Crippen molar-refractivity contribution in [3.8, 4) is 6.07 Å². The SMILES string of the molecule is COCCCN1C(=O)C(=Cc2c(C)c(C#N)c(=O)n(C)c2N2CCN(c3ccccc3F)CC2)SC1=S. The fourth-order valence-electron chi connectivity index (χ4n) is 4.65. The molecule has 0 aliphatic carbocycles. The quantitative estimate of drug-likeness (QED) is 0.300. The predicted molar refractivity (Wildman–Crippen MR) is 148 cm³/mol. The van der Waals surface area contributed by atoms with Crippen molar-refractivity contribution >= 4 is 51.8 Å². The highest BCUT2D eigenvalue weighted by Gasteiger charge is 2.33. The van der Waals surface area contributed by atoms with E-state index in [1.165, 1.54) is 22.4 Å². The number of nitrogens with zero attached hydrogens (tertiary/aromatic N) is 5. The highest BCUT2D eigenvalue weighted by atomic mass is 32.2. The Morgan fingerprint density at radius 3 is 2.51 bits per heavy atom. The van der Waals surface area contributed by atoms with Crippen LogP contribution < -0.4 is 15.4 Å². The molecule has 0 bridgehead atoms. The van der Waals surface area contributed by atoms with E-state index in [4.69, 9.17) is 17.0 Å². The topological polar surface area (TPSA) is 81.8 Å². The Labute approximate surface area is 224 Å². The van der Waals surface area contributed by atoms with Gasteiger partial charge in [-0.05, 0) is 37.1 Å². The maximum Gasteiger partial charge on any atom is 0.270 e. The van der Waals surface area contributed by atoms with Crippen LogP contribution in [0.1, 0.15) is 23.1 Å². The first-order valence-corrected chi connectivity index (χ1v) is 13.1. The van der Waals surface area contributed by atoms with Gasteiger partial charge in [-0.25, -0.2) is 4.39 Å². The van der Waals surface area contributed by atoms with Gasteiger partial charge in [-0.2, -0.15) is 5.26 Å². The highest BCUT2D eigenvalue weighted by Crippen LogP contribution is 2.36. The molecule has 0 saturated carbocycles. The van der Waals surface area contributed by atoms with Crippen molar-refractivity contribution in [2.45, 2.75) is 13.3 Å². The van der Waals surface area contributed by atoms with E-state index in [-0.39, 0.29) is 17.3 Å². The first kappa shape index (κ1) is 26.9. The van der Waals surface area contributed by atoms with Gasteiger partial charge in [-0.1, -0.05) is 36.1 Å². The molecule has 194 valence electrons. The first-order valence-electron chi connectivity index (χ1n) is 11.9. The summed E-state index contributed by atoms with van der Waals surface area (Å²) in [5, 5.41) is 9.70. The van der Waals surface area contributed by atoms with Crippen molar-refractivity contribution in [2.75, 3.05) is 56.2 Å². The Bertz CT molecular complexity index is 1360. The number of carbonyl (C=O) groups excluding carboxylic acids is 1. The summed E-state index contributed by atoms with van der Waals surface area (Å²) in [7, 11) is 3.24. The lowest BCUT2D eigenvalue weighted by molar-refractivity contribution is -0.122. The van der Waals surface area contributed by atoms with Crippen molar-refractivity contribution in [2.24, 2.45) is 7.05 Å². The number of piperazine rings is 1. The molecule has 1 aromatic heterocycles. The molecule has 0 atom stereocenters. The molecule has 0 unspecified atom stereocenters. The molecule has 1 aromatic carbocycles. The minimum atomic E-state index is -0.393. The smallest absolute Gasteiger partial charge is 0.270 e. The predicted octanol–water partition coefficient (Wildman–Crippen LogP) is 3.27. The van der Waals surface area contributed by atoms with Crippen molar-refractivity contribution in [3.05, 3.63) is 62.0 Å². The number of nitriles is 1. The molecule has 4 rings (SSSR count). The number of pyridine rings is 1. The van der Waals surface area contributed by atoms with E-state index in [9.17, 15) is 19.2 Å². The Morgan fingerprint density at radius 2 is 1.86 bits per heavy atom. The Morgan fingerprint density at radius 1 is 1.19 bits per heavy atom. The molecule has 8 nitrogen and oxygen atoms in total. The van der Waals surface area contributed by atoms with Gasteiger partial charge in [-0.3, -0.25) is 19.1 Å². The second-order valence-electron chi connectivity index (χ2n) is 8.82. The van der Waals surface area contributed by atoms with Gasteiger partial charge in [0.15, 0.2) is 0 Å². The zero-order valence-electron chi connectivity index (χ0n) is 21.0. The molecular formula is C26H28FN5O3S2. The lowest BCUT2D eigenvalue weighted by Gasteiger charge is -2.38. The fourth-order valence-corrected chi connectivity index (χ4v) is 5.94. The molecule has 3 heterocycles. The van der Waals surface area contributed by atoms with Crippen LogP contribution in [-0.4, -0.2) is 66.1 Å². The molecule has 0 radical (unpaired) electrons. The zero-order valence-corrected chi connectivity index (χ0v) is 22.6. The third-order valence-electron chi connectivity index (χ3n) is 6.62. The minimum Gasteiger partial charge on any atom is -0.385 e. The number of para-hydroxylation sites is 1. The summed E-state index contributed by atoms with van der Waals surface area (Å²) in [5.74, 6) is 0.151. The summed E-state index contributed by atoms with van der Waals surface area (Å²) in [6, 6.07) is 8.70. The average molecular weight is 542 g/mol. The lowest BCUT2D eigenvalue weighted by atomic mass is 10.0. The van der Waals surface area contributed by atoms with Crippen LogP contribution in [0.25, 0.3) is 6.08 Å². The first-order chi connectivity index (χ1) is 17.8. The van der Waals surface area contributed by atoms with Crippen molar-refractivity contribution < 1.29 is 13.9 Å². The second-order valence-corrected chi connectivity index (χ2v) is 10.5. The lowest BCUT2D eigenvalue weighted by Crippen LogP contribution is -2.48. The number of anilines is 2. The molecular weight excluding hydrogens is 513 g/mol. The molecule has 37 heavy (non-hydrogen) atoms. The van der Waals surface area contributed by atoms with Crippen LogP contribution >= 0.6 is 24.0 Å². The third-order valence-corrected chi connectivity index (χ3v) is 8.00. The summed E-state index contributed by atoms with van der Waals surface area (Å²) in [6.07, 6.45) is 2.40. The molecule has 2 aliphatic heterocycles. The van der Waals surface area contributed by atoms with Crippen LogP contribution in [0.2, 0.25) is 0 Å². The van der Waals surface area contributed by atoms with Gasteiger partial charge in [0.25, 0.3) is 11.5 Å². The van der Waals surface area contributed by atoms with Crippen LogP contribution in [0.5, 0.6) is 0 Å². The minimum absolute atomic E-state index is 0.0399. The number of carbonyl (C=O) groups is 1. The number of halogens is 1. The van der Waals surface area contributed by atoms with Crippen LogP contribution in [0.15, 0.2) is 34.0 Å². The summed E-state index contributed by atoms with van der Waals surface area (Å²) in [5.41, 5.74) is 1.34. The van der Waals surface area contributed by atoms with Crippen LogP contribution in [-0.2, 0) is 16.6 Å². The van der Waals surface area contributed by atoms with Crippen LogP contribution in [0.3, 0.4) is 0 Å². The van der Waals surface area contributed by atoms with Crippen LogP contribution in [0, 0.1) is 24.1 Å². The Hall–Kier alpha value is -3.20. The van der Waals surface area contributed by atoms with Gasteiger partial charge in [0.1, 0.15) is 27.6 Å². The zero-order chi connectivity index (χ0) is 26.7. The Kier molecular flexibility index (Phi) is 8.32. The van der Waals surface area contributed by atoms with Gasteiger partial charge in [0.2, 0.25) is 0 Å². The van der Waals surface area contributed by atoms with E-state index in [1.807, 2.05) is 17.0 Å². The van der Waals surface area contributed by atoms with E-state index in [0.29, 0.717) is 77.6 Å². The number of hydrogen-bond donors (Lipinski definition) is 0. The number of thiocarbonyl (C=S) groups is 1. The number of aromatic nitrogens is 1. The van der Waals surface area contributed by atoms with E-state index in [0.717, 1.165) is 0 Å². The molecule has 2 aliphatic rings. The van der Waals surface area contributed by atoms with E-state index in [2.05, 4.69) is 4.90 Å². The number of rotatable bonds is 7. The van der Waals surface area contributed by atoms with E-state index >= 15 is 0 Å². The monoisotopic (exact) mass is 541 g/mol. The standard InChI is InChI=1S/C26H28FN5O3S2/c1-17-18(15-22-25(34)32(26(36)37-22)9-6-14-35-3)23(29(2)24(33)19(17)16-28)31-12-10-30(11-13-31)21-8-5-4-7-20(21)27/h4-5,7-8,15H,6,9-14H2,1-3H3. The maximum atomic E-state index is 14.3. The number of thioether (sulfide) groups is 1. The molecule has 1 amide bonds. The molecule has 2 aromatic rings. The molecule has 11 heteroatoms. The Balaban J connectivity index is 1.69. The molecule has 0 N–H and O–H groups in total. The summed E-state index contributed by atoms with van der Waals surface area (Å²) < 4.78 is 21.4. The third kappa shape index (κ3) is 5.28. The number of benzene rings is 1. The van der Waals surface area contributed by atoms with E-state index < -0.39 is 5.56 Å². The largest absolute Gasteiger partial charge is 0.385 e. The number of hydrogen-bond acceptors (Lipinski definition) is 8. The highest BCUT2D eigenvalue weighted by molar-refractivity contribution is 8.26. The van der Waals surface area contributed by atoms with Crippen molar-refractivity contribution in [1.82, 2.24) is 9.47 Å². The van der Waals surface area contributed by atoms with Gasteiger partial charge >= 0.3 is 0 Å². The average Bonchev–Trinajstić information content (AvgIpc) is 3.16. The van der Waals surface area contributed by atoms with Gasteiger partial charge in [0.05, 0.1) is 10.6 Å². The van der Waals surface area contributed by atoms with Crippen molar-refractivity contribution in [3.63, 3.8) is 0 Å². The normalized spacial score (nSPS) is 17.2. The van der Waals surface area contributed by atoms with Crippen molar-refractivity contribution in [1.29, 1.82) is 5.26 Å². The summed E-state index contributed by atoms with van der Waals surface area (Å²) in [4.78, 5) is 32.2. The fraction of sp³-hybridized carbons (Fsp3) is 0.385. The maximum absolute atomic E-state index is 14.3. The second kappa shape index (κ2) is 11.5. The number of amides is 1. The number of ether oxygens (including phenoxy) is 1. The van der Waals surface area contributed by atoms with E-state index in [1.54, 1.807) is 44.2 Å². The van der Waals surface area contributed by atoms with Gasteiger partial charge < -0.3 is 14.5 Å².